The molecule has 0 bridgehead atoms. The Morgan fingerprint density at radius 3 is 2.50 bits per heavy atom. The van der Waals surface area contributed by atoms with Crippen molar-refractivity contribution in [1.82, 2.24) is 4.98 Å². The molecule has 2 rings (SSSR count). The minimum atomic E-state index is -0.963. The summed E-state index contributed by atoms with van der Waals surface area (Å²) in [4.78, 5) is 26.8. The fourth-order valence-corrected chi connectivity index (χ4v) is 2.18. The lowest BCUT2D eigenvalue weighted by atomic mass is 9.71. The second kappa shape index (κ2) is 4.04. The van der Waals surface area contributed by atoms with Gasteiger partial charge in [0.25, 0.3) is 0 Å². The average molecular weight is 219 g/mol. The van der Waals surface area contributed by atoms with Gasteiger partial charge in [-0.25, -0.2) is 0 Å². The molecule has 0 radical (unpaired) electrons. The van der Waals surface area contributed by atoms with Gasteiger partial charge in [-0.3, -0.25) is 14.6 Å². The number of hydrogen-bond acceptors (Lipinski definition) is 3. The molecular weight excluding hydrogens is 206 g/mol. The summed E-state index contributed by atoms with van der Waals surface area (Å²) in [7, 11) is 0. The van der Waals surface area contributed by atoms with Crippen LogP contribution < -0.4 is 0 Å². The number of pyridine rings is 1. The van der Waals surface area contributed by atoms with Crippen molar-refractivity contribution >= 4 is 11.8 Å². The number of rotatable bonds is 2. The largest absolute Gasteiger partial charge is 0.481 e. The van der Waals surface area contributed by atoms with Gasteiger partial charge in [-0.2, -0.15) is 0 Å². The summed E-state index contributed by atoms with van der Waals surface area (Å²) < 4.78 is 0. The molecule has 1 N–H and O–H groups in total. The molecule has 1 aliphatic rings. The van der Waals surface area contributed by atoms with Crippen LogP contribution >= 0.6 is 0 Å². The van der Waals surface area contributed by atoms with Crippen LogP contribution in [0.5, 0.6) is 0 Å². The van der Waals surface area contributed by atoms with Gasteiger partial charge in [0.05, 0.1) is 5.69 Å². The van der Waals surface area contributed by atoms with Crippen LogP contribution in [0.15, 0.2) is 24.4 Å². The molecule has 4 nitrogen and oxygen atoms in total. The van der Waals surface area contributed by atoms with Crippen LogP contribution in [0.2, 0.25) is 0 Å². The van der Waals surface area contributed by atoms with E-state index in [0.29, 0.717) is 31.4 Å². The minimum Gasteiger partial charge on any atom is -0.481 e. The molecule has 0 aliphatic heterocycles. The Labute approximate surface area is 93.3 Å². The molecule has 0 spiro atoms. The van der Waals surface area contributed by atoms with Crippen LogP contribution in [-0.4, -0.2) is 21.8 Å². The van der Waals surface area contributed by atoms with Gasteiger partial charge in [0.2, 0.25) is 0 Å². The molecule has 1 heterocycles. The van der Waals surface area contributed by atoms with E-state index in [-0.39, 0.29) is 5.78 Å². The molecule has 84 valence electrons. The first-order chi connectivity index (χ1) is 7.65. The summed E-state index contributed by atoms with van der Waals surface area (Å²) in [5.74, 6) is -0.730. The number of aliphatic carboxylic acids is 1. The van der Waals surface area contributed by atoms with Gasteiger partial charge in [0.1, 0.15) is 11.2 Å². The van der Waals surface area contributed by atoms with Gasteiger partial charge >= 0.3 is 5.97 Å². The predicted octanol–water partition coefficient (Wildman–Crippen LogP) is 1.55. The zero-order valence-electron chi connectivity index (χ0n) is 8.85. The van der Waals surface area contributed by atoms with Gasteiger partial charge in [0.15, 0.2) is 0 Å². The first-order valence-electron chi connectivity index (χ1n) is 5.32. The Balaban J connectivity index is 2.37. The molecule has 1 saturated carbocycles. The molecule has 1 aromatic heterocycles. The summed E-state index contributed by atoms with van der Waals surface area (Å²) in [6.07, 6.45) is 2.98. The van der Waals surface area contributed by atoms with Crippen molar-refractivity contribution in [3.63, 3.8) is 0 Å². The standard InChI is InChI=1S/C12H13NO3/c14-9-4-6-12(7-5-9,11(15)16)10-3-1-2-8-13-10/h1-3,8H,4-7H2,(H,15,16). The number of carbonyl (C=O) groups excluding carboxylic acids is 1. The van der Waals surface area contributed by atoms with E-state index < -0.39 is 11.4 Å². The quantitative estimate of drug-likeness (QED) is 0.819. The Morgan fingerprint density at radius 1 is 1.31 bits per heavy atom. The number of Topliss-reactive ketones (excluding diaryl/α,β-unsaturated/α-hetero) is 1. The van der Waals surface area contributed by atoms with Gasteiger partial charge in [0, 0.05) is 19.0 Å². The minimum absolute atomic E-state index is 0.146. The maximum Gasteiger partial charge on any atom is 0.315 e. The van der Waals surface area contributed by atoms with Crippen LogP contribution in [0.1, 0.15) is 31.4 Å². The van der Waals surface area contributed by atoms with Crippen molar-refractivity contribution in [3.05, 3.63) is 30.1 Å². The lowest BCUT2D eigenvalue weighted by molar-refractivity contribution is -0.146. The summed E-state index contributed by atoms with van der Waals surface area (Å²) in [5, 5.41) is 9.38. The Morgan fingerprint density at radius 2 is 2.00 bits per heavy atom. The fourth-order valence-electron chi connectivity index (χ4n) is 2.18. The van der Waals surface area contributed by atoms with Crippen LogP contribution in [0.3, 0.4) is 0 Å². The van der Waals surface area contributed by atoms with Crippen LogP contribution in [0, 0.1) is 0 Å². The molecule has 0 amide bonds. The SMILES string of the molecule is O=C1CCC(C(=O)O)(c2ccccn2)CC1. The van der Waals surface area contributed by atoms with Gasteiger partial charge in [-0.15, -0.1) is 0 Å². The molecule has 4 heteroatoms. The van der Waals surface area contributed by atoms with Crippen molar-refractivity contribution in [3.8, 4) is 0 Å². The third-order valence-electron chi connectivity index (χ3n) is 3.23. The highest BCUT2D eigenvalue weighted by atomic mass is 16.4. The number of aromatic nitrogens is 1. The monoisotopic (exact) mass is 219 g/mol. The topological polar surface area (TPSA) is 67.3 Å². The zero-order chi connectivity index (χ0) is 11.6. The van der Waals surface area contributed by atoms with Gasteiger partial charge in [-0.1, -0.05) is 6.07 Å². The zero-order valence-corrected chi connectivity index (χ0v) is 8.85. The van der Waals surface area contributed by atoms with Gasteiger partial charge in [-0.05, 0) is 25.0 Å². The van der Waals surface area contributed by atoms with E-state index >= 15 is 0 Å². The molecule has 16 heavy (non-hydrogen) atoms. The van der Waals surface area contributed by atoms with E-state index in [4.69, 9.17) is 0 Å². The average Bonchev–Trinajstić information content (AvgIpc) is 2.31. The molecule has 1 aromatic rings. The van der Waals surface area contributed by atoms with Crippen molar-refractivity contribution in [2.24, 2.45) is 0 Å². The molecule has 0 unspecified atom stereocenters. The Bertz CT molecular complexity index is 404. The highest BCUT2D eigenvalue weighted by Gasteiger charge is 2.44. The number of ketones is 1. The third kappa shape index (κ3) is 1.71. The number of hydrogen-bond donors (Lipinski definition) is 1. The Kier molecular flexibility index (Phi) is 2.73. The second-order valence-corrected chi connectivity index (χ2v) is 4.14. The Hall–Kier alpha value is -1.71. The highest BCUT2D eigenvalue weighted by Crippen LogP contribution is 2.37. The summed E-state index contributed by atoms with van der Waals surface area (Å²) in [5.41, 5.74) is -0.398. The third-order valence-corrected chi connectivity index (χ3v) is 3.23. The van der Waals surface area contributed by atoms with E-state index in [2.05, 4.69) is 4.98 Å². The molecule has 1 fully saturated rings. The number of nitrogens with zero attached hydrogens (tertiary/aromatic N) is 1. The van der Waals surface area contributed by atoms with Crippen molar-refractivity contribution in [2.45, 2.75) is 31.1 Å². The van der Waals surface area contributed by atoms with Crippen molar-refractivity contribution in [1.29, 1.82) is 0 Å². The fraction of sp³-hybridized carbons (Fsp3) is 0.417. The molecule has 1 aliphatic carbocycles. The summed E-state index contributed by atoms with van der Waals surface area (Å²) >= 11 is 0. The van der Waals surface area contributed by atoms with Crippen LogP contribution in [0.4, 0.5) is 0 Å². The van der Waals surface area contributed by atoms with Crippen LogP contribution in [-0.2, 0) is 15.0 Å². The van der Waals surface area contributed by atoms with E-state index in [0.717, 1.165) is 0 Å². The van der Waals surface area contributed by atoms with Crippen molar-refractivity contribution in [2.75, 3.05) is 0 Å². The number of carbonyl (C=O) groups is 2. The maximum atomic E-state index is 11.4. The number of carboxylic acid groups (broad SMARTS) is 1. The molecular formula is C12H13NO3. The number of carboxylic acids is 1. The van der Waals surface area contributed by atoms with Gasteiger partial charge < -0.3 is 5.11 Å². The maximum absolute atomic E-state index is 11.4. The first kappa shape index (κ1) is 10.8. The molecule has 0 atom stereocenters. The van der Waals surface area contributed by atoms with E-state index in [1.165, 1.54) is 0 Å². The molecule has 0 aromatic carbocycles. The second-order valence-electron chi connectivity index (χ2n) is 4.14. The predicted molar refractivity (Wildman–Crippen MR) is 57.0 cm³/mol. The lowest BCUT2D eigenvalue weighted by Crippen LogP contribution is -2.40. The van der Waals surface area contributed by atoms with E-state index in [9.17, 15) is 14.7 Å². The first-order valence-corrected chi connectivity index (χ1v) is 5.32. The smallest absolute Gasteiger partial charge is 0.315 e. The normalized spacial score (nSPS) is 19.4. The van der Waals surface area contributed by atoms with Crippen LogP contribution in [0.25, 0.3) is 0 Å². The molecule has 0 saturated heterocycles. The lowest BCUT2D eigenvalue weighted by Gasteiger charge is -2.31. The van der Waals surface area contributed by atoms with E-state index in [1.54, 1.807) is 24.4 Å². The highest BCUT2D eigenvalue weighted by molar-refractivity contribution is 5.87. The van der Waals surface area contributed by atoms with E-state index in [1.807, 2.05) is 0 Å². The van der Waals surface area contributed by atoms with Crippen molar-refractivity contribution < 1.29 is 14.7 Å². The summed E-state index contributed by atoms with van der Waals surface area (Å²) in [6.45, 7) is 0. The summed E-state index contributed by atoms with van der Waals surface area (Å²) in [6, 6.07) is 5.26.